The minimum absolute atomic E-state index is 1.21. The van der Waals surface area contributed by atoms with Crippen molar-refractivity contribution in [3.63, 3.8) is 0 Å². The summed E-state index contributed by atoms with van der Waals surface area (Å²) in [6, 6.07) is 2.06. The molecule has 0 radical (unpaired) electrons. The van der Waals surface area contributed by atoms with Crippen LogP contribution in [0.1, 0.15) is 18.2 Å². The fourth-order valence-corrected chi connectivity index (χ4v) is 0.916. The third-order valence-corrected chi connectivity index (χ3v) is 1.58. The first-order valence-corrected chi connectivity index (χ1v) is 3.78. The highest BCUT2D eigenvalue weighted by molar-refractivity contribution is 5.53. The van der Waals surface area contributed by atoms with E-state index >= 15 is 0 Å². The normalized spacial score (nSPS) is 11.8. The number of aromatic nitrogens is 1. The molecule has 1 nitrogen and oxygen atoms in total. The highest BCUT2D eigenvalue weighted by Gasteiger charge is 1.90. The molecule has 1 aromatic rings. The molecular weight excluding hydrogens is 134 g/mol. The van der Waals surface area contributed by atoms with Crippen LogP contribution in [0.5, 0.6) is 0 Å². The number of hydrogen-bond donors (Lipinski definition) is 1. The van der Waals surface area contributed by atoms with Gasteiger partial charge in [0.1, 0.15) is 0 Å². The molecule has 0 atom stereocenters. The Balaban J connectivity index is 2.71. The Bertz CT molecular complexity index is 266. The molecule has 1 aromatic heterocycles. The Hall–Kier alpha value is -1.24. The molecule has 11 heavy (non-hydrogen) atoms. The van der Waals surface area contributed by atoms with Crippen molar-refractivity contribution in [1.82, 2.24) is 4.98 Å². The highest BCUT2D eigenvalue weighted by atomic mass is 14.7. The smallest absolute Gasteiger partial charge is 0.0189 e. The number of aromatic amines is 1. The van der Waals surface area contributed by atoms with E-state index in [1.165, 1.54) is 11.3 Å². The van der Waals surface area contributed by atoms with Gasteiger partial charge in [-0.2, -0.15) is 0 Å². The van der Waals surface area contributed by atoms with Crippen LogP contribution in [0.2, 0.25) is 0 Å². The van der Waals surface area contributed by atoms with Crippen LogP contribution in [0.15, 0.2) is 30.5 Å². The van der Waals surface area contributed by atoms with Crippen molar-refractivity contribution in [2.45, 2.75) is 13.8 Å². The molecule has 0 saturated heterocycles. The fraction of sp³-hybridized carbons (Fsp3) is 0.200. The van der Waals surface area contributed by atoms with Crippen molar-refractivity contribution < 1.29 is 0 Å². The molecular formula is C10H13N. The zero-order chi connectivity index (χ0) is 8.10. The lowest BCUT2D eigenvalue weighted by Crippen LogP contribution is -1.71. The lowest BCUT2D eigenvalue weighted by atomic mass is 10.2. The summed E-state index contributed by atoms with van der Waals surface area (Å²) in [6.45, 7) is 4.07. The van der Waals surface area contributed by atoms with Crippen LogP contribution in [-0.4, -0.2) is 4.98 Å². The molecule has 1 N–H and O–H groups in total. The van der Waals surface area contributed by atoms with Gasteiger partial charge in [0, 0.05) is 11.9 Å². The van der Waals surface area contributed by atoms with Crippen molar-refractivity contribution in [3.05, 3.63) is 41.7 Å². The molecule has 0 aliphatic heterocycles. The summed E-state index contributed by atoms with van der Waals surface area (Å²) in [5.74, 6) is 0. The average molecular weight is 147 g/mol. The minimum atomic E-state index is 1.21. The maximum absolute atomic E-state index is 3.12. The average Bonchev–Trinajstić information content (AvgIpc) is 2.37. The second-order valence-corrected chi connectivity index (χ2v) is 2.44. The second kappa shape index (κ2) is 3.81. The standard InChI is InChI=1S/C10H13N/c1-3-4-5-6-10-7-8-11-9(10)2/h3-8,11H,1-2H3. The van der Waals surface area contributed by atoms with Crippen LogP contribution < -0.4 is 0 Å². The van der Waals surface area contributed by atoms with Crippen molar-refractivity contribution in [2.75, 3.05) is 0 Å². The van der Waals surface area contributed by atoms with Crippen molar-refractivity contribution in [2.24, 2.45) is 0 Å². The largest absolute Gasteiger partial charge is 0.365 e. The van der Waals surface area contributed by atoms with Gasteiger partial charge in [-0.3, -0.25) is 0 Å². The molecule has 0 fully saturated rings. The summed E-state index contributed by atoms with van der Waals surface area (Å²) in [4.78, 5) is 3.12. The van der Waals surface area contributed by atoms with Crippen LogP contribution >= 0.6 is 0 Å². The second-order valence-electron chi connectivity index (χ2n) is 2.44. The van der Waals surface area contributed by atoms with Gasteiger partial charge >= 0.3 is 0 Å². The van der Waals surface area contributed by atoms with Gasteiger partial charge in [-0.1, -0.05) is 24.3 Å². The number of rotatable bonds is 2. The van der Waals surface area contributed by atoms with E-state index in [0.29, 0.717) is 0 Å². The van der Waals surface area contributed by atoms with Crippen LogP contribution in [0.4, 0.5) is 0 Å². The number of allylic oxidation sites excluding steroid dienone is 3. The molecule has 0 amide bonds. The van der Waals surface area contributed by atoms with Gasteiger partial charge in [0.2, 0.25) is 0 Å². The van der Waals surface area contributed by atoms with Crippen LogP contribution in [-0.2, 0) is 0 Å². The Kier molecular flexibility index (Phi) is 2.73. The van der Waals surface area contributed by atoms with Gasteiger partial charge in [-0.05, 0) is 25.5 Å². The molecule has 0 bridgehead atoms. The molecule has 0 aliphatic carbocycles. The Morgan fingerprint density at radius 3 is 2.73 bits per heavy atom. The van der Waals surface area contributed by atoms with Gasteiger partial charge in [-0.25, -0.2) is 0 Å². The van der Waals surface area contributed by atoms with E-state index in [-0.39, 0.29) is 0 Å². The molecule has 1 heterocycles. The minimum Gasteiger partial charge on any atom is -0.365 e. The third-order valence-electron chi connectivity index (χ3n) is 1.58. The molecule has 58 valence electrons. The predicted molar refractivity (Wildman–Crippen MR) is 49.4 cm³/mol. The molecule has 0 saturated carbocycles. The van der Waals surface area contributed by atoms with E-state index in [1.54, 1.807) is 0 Å². The molecule has 0 aromatic carbocycles. The Morgan fingerprint density at radius 2 is 2.18 bits per heavy atom. The summed E-state index contributed by atoms with van der Waals surface area (Å²) >= 11 is 0. The zero-order valence-corrected chi connectivity index (χ0v) is 6.96. The van der Waals surface area contributed by atoms with Crippen LogP contribution in [0.3, 0.4) is 0 Å². The first-order chi connectivity index (χ1) is 5.34. The number of hydrogen-bond acceptors (Lipinski definition) is 0. The summed E-state index contributed by atoms with van der Waals surface area (Å²) in [7, 11) is 0. The Labute approximate surface area is 67.5 Å². The summed E-state index contributed by atoms with van der Waals surface area (Å²) in [6.07, 6.45) is 10.1. The fourth-order valence-electron chi connectivity index (χ4n) is 0.916. The highest BCUT2D eigenvalue weighted by Crippen LogP contribution is 2.06. The van der Waals surface area contributed by atoms with E-state index in [0.717, 1.165) is 0 Å². The van der Waals surface area contributed by atoms with Gasteiger partial charge in [0.05, 0.1) is 0 Å². The van der Waals surface area contributed by atoms with Gasteiger partial charge < -0.3 is 4.98 Å². The van der Waals surface area contributed by atoms with Crippen molar-refractivity contribution in [1.29, 1.82) is 0 Å². The Morgan fingerprint density at radius 1 is 1.36 bits per heavy atom. The molecule has 0 aliphatic rings. The zero-order valence-electron chi connectivity index (χ0n) is 6.96. The monoisotopic (exact) mass is 147 g/mol. The van der Waals surface area contributed by atoms with Gasteiger partial charge in [0.25, 0.3) is 0 Å². The summed E-state index contributed by atoms with van der Waals surface area (Å²) in [5, 5.41) is 0. The summed E-state index contributed by atoms with van der Waals surface area (Å²) in [5.41, 5.74) is 2.47. The maximum Gasteiger partial charge on any atom is 0.0189 e. The first kappa shape index (κ1) is 7.86. The first-order valence-electron chi connectivity index (χ1n) is 3.78. The van der Waals surface area contributed by atoms with E-state index in [2.05, 4.69) is 24.1 Å². The lowest BCUT2D eigenvalue weighted by molar-refractivity contribution is 1.26. The number of H-pyrrole nitrogens is 1. The topological polar surface area (TPSA) is 15.8 Å². The maximum atomic E-state index is 3.12. The molecule has 1 rings (SSSR count). The SMILES string of the molecule is CC=CC=Cc1cc[nH]c1C. The van der Waals surface area contributed by atoms with Crippen molar-refractivity contribution in [3.8, 4) is 0 Å². The van der Waals surface area contributed by atoms with Crippen LogP contribution in [0, 0.1) is 6.92 Å². The van der Waals surface area contributed by atoms with E-state index in [1.807, 2.05) is 31.3 Å². The molecule has 0 spiro atoms. The molecule has 0 unspecified atom stereocenters. The third kappa shape index (κ3) is 2.11. The lowest BCUT2D eigenvalue weighted by Gasteiger charge is -1.86. The summed E-state index contributed by atoms with van der Waals surface area (Å²) < 4.78 is 0. The van der Waals surface area contributed by atoms with Gasteiger partial charge in [-0.15, -0.1) is 0 Å². The molecule has 1 heteroatoms. The quantitative estimate of drug-likeness (QED) is 0.619. The van der Waals surface area contributed by atoms with E-state index in [4.69, 9.17) is 0 Å². The van der Waals surface area contributed by atoms with E-state index < -0.39 is 0 Å². The number of nitrogens with one attached hydrogen (secondary N) is 1. The van der Waals surface area contributed by atoms with Gasteiger partial charge in [0.15, 0.2) is 0 Å². The van der Waals surface area contributed by atoms with E-state index in [9.17, 15) is 0 Å². The predicted octanol–water partition coefficient (Wildman–Crippen LogP) is 2.91. The van der Waals surface area contributed by atoms with Crippen molar-refractivity contribution >= 4 is 6.08 Å². The van der Waals surface area contributed by atoms with Crippen LogP contribution in [0.25, 0.3) is 6.08 Å². The number of aryl methyl sites for hydroxylation is 1.